The fraction of sp³-hybridized carbons (Fsp3) is 0.889. The summed E-state index contributed by atoms with van der Waals surface area (Å²) in [6.07, 6.45) is 5.14. The van der Waals surface area contributed by atoms with E-state index >= 15 is 0 Å². The third-order valence-corrected chi connectivity index (χ3v) is 2.52. The van der Waals surface area contributed by atoms with Crippen molar-refractivity contribution in [3.63, 3.8) is 0 Å². The number of rotatable bonds is 5. The van der Waals surface area contributed by atoms with Crippen LogP contribution in [0.4, 0.5) is 0 Å². The third kappa shape index (κ3) is 3.66. The Morgan fingerprint density at radius 2 is 2.21 bits per heavy atom. The van der Waals surface area contributed by atoms with Crippen LogP contribution in [-0.2, 0) is 4.79 Å². The zero-order chi connectivity index (χ0) is 10.2. The minimum Gasteiger partial charge on any atom is -0.356 e. The molecule has 0 bridgehead atoms. The normalized spacial score (nSPS) is 16.3. The summed E-state index contributed by atoms with van der Waals surface area (Å²) in [4.78, 5) is 14.1. The molecule has 0 aromatic heterocycles. The molecule has 0 aliphatic heterocycles. The first-order valence-electron chi connectivity index (χ1n) is 5.13. The van der Waals surface area contributed by atoms with E-state index in [1.54, 1.807) is 0 Å². The van der Waals surface area contributed by atoms with Crippen LogP contribution >= 0.6 is 0 Å². The molecule has 1 rings (SSSR count). The van der Waals surface area contributed by atoms with Crippen molar-refractivity contribution in [1.82, 2.24) is 5.32 Å². The lowest BCUT2D eigenvalue weighted by molar-refractivity contribution is -0.124. The van der Waals surface area contributed by atoms with E-state index in [1.165, 1.54) is 12.8 Å². The number of hydrogen-bond acceptors (Lipinski definition) is 2. The molecule has 5 nitrogen and oxygen atoms in total. The molecule has 1 aliphatic rings. The van der Waals surface area contributed by atoms with Gasteiger partial charge in [0.25, 0.3) is 0 Å². The molecule has 14 heavy (non-hydrogen) atoms. The first kappa shape index (κ1) is 10.9. The van der Waals surface area contributed by atoms with Gasteiger partial charge < -0.3 is 5.32 Å². The van der Waals surface area contributed by atoms with Gasteiger partial charge in [0.1, 0.15) is 0 Å². The highest BCUT2D eigenvalue weighted by Gasteiger charge is 2.21. The van der Waals surface area contributed by atoms with E-state index in [2.05, 4.69) is 15.3 Å². The number of hydrogen-bond donors (Lipinski definition) is 1. The summed E-state index contributed by atoms with van der Waals surface area (Å²) < 4.78 is 0. The lowest BCUT2D eigenvalue weighted by atomic mass is 10.1. The molecular formula is C9H16N4O. The molecule has 1 saturated carbocycles. The van der Waals surface area contributed by atoms with Gasteiger partial charge in [-0.1, -0.05) is 18.0 Å². The number of carbonyl (C=O) groups excluding carboxylic acids is 1. The van der Waals surface area contributed by atoms with Crippen molar-refractivity contribution in [1.29, 1.82) is 0 Å². The van der Waals surface area contributed by atoms with Gasteiger partial charge in [-0.2, -0.15) is 0 Å². The maximum absolute atomic E-state index is 11.5. The van der Waals surface area contributed by atoms with E-state index in [4.69, 9.17) is 5.53 Å². The van der Waals surface area contributed by atoms with E-state index < -0.39 is 0 Å². The molecule has 1 amide bonds. The van der Waals surface area contributed by atoms with Crippen LogP contribution in [0.15, 0.2) is 5.11 Å². The Morgan fingerprint density at radius 3 is 2.86 bits per heavy atom. The highest BCUT2D eigenvalue weighted by molar-refractivity contribution is 5.78. The van der Waals surface area contributed by atoms with Crippen molar-refractivity contribution >= 4 is 5.91 Å². The topological polar surface area (TPSA) is 77.9 Å². The summed E-state index contributed by atoms with van der Waals surface area (Å²) in [5.41, 5.74) is 8.02. The van der Waals surface area contributed by atoms with Gasteiger partial charge in [0.05, 0.1) is 0 Å². The van der Waals surface area contributed by atoms with Gasteiger partial charge in [-0.25, -0.2) is 0 Å². The van der Waals surface area contributed by atoms with Crippen molar-refractivity contribution in [2.24, 2.45) is 11.0 Å². The molecule has 0 spiro atoms. The Labute approximate surface area is 83.5 Å². The van der Waals surface area contributed by atoms with Crippen LogP contribution in [0.1, 0.15) is 32.1 Å². The number of carbonyl (C=O) groups is 1. The molecule has 1 N–H and O–H groups in total. The standard InChI is InChI=1S/C9H16N4O/c10-13-12-7-3-6-11-9(14)8-4-1-2-5-8/h8H,1-7H2,(H,11,14). The van der Waals surface area contributed by atoms with E-state index in [1.807, 2.05) is 0 Å². The quantitative estimate of drug-likeness (QED) is 0.310. The SMILES string of the molecule is [N-]=[N+]=NCCCNC(=O)C1CCCC1. The second-order valence-corrected chi connectivity index (χ2v) is 3.58. The molecular weight excluding hydrogens is 180 g/mol. The smallest absolute Gasteiger partial charge is 0.223 e. The number of azide groups is 1. The van der Waals surface area contributed by atoms with Crippen LogP contribution in [0.2, 0.25) is 0 Å². The zero-order valence-electron chi connectivity index (χ0n) is 8.28. The zero-order valence-corrected chi connectivity index (χ0v) is 8.28. The van der Waals surface area contributed by atoms with Crippen molar-refractivity contribution in [2.75, 3.05) is 13.1 Å². The average molecular weight is 196 g/mol. The maximum Gasteiger partial charge on any atom is 0.223 e. The number of amides is 1. The summed E-state index contributed by atoms with van der Waals surface area (Å²) in [6.45, 7) is 1.08. The van der Waals surface area contributed by atoms with Gasteiger partial charge in [0, 0.05) is 23.9 Å². The largest absolute Gasteiger partial charge is 0.356 e. The first-order valence-corrected chi connectivity index (χ1v) is 5.13. The van der Waals surface area contributed by atoms with Crippen LogP contribution in [0.3, 0.4) is 0 Å². The molecule has 78 valence electrons. The van der Waals surface area contributed by atoms with Crippen LogP contribution in [-0.4, -0.2) is 19.0 Å². The van der Waals surface area contributed by atoms with Crippen molar-refractivity contribution in [3.05, 3.63) is 10.4 Å². The van der Waals surface area contributed by atoms with Crippen molar-refractivity contribution < 1.29 is 4.79 Å². The molecule has 5 heteroatoms. The Bertz CT molecular complexity index is 229. The highest BCUT2D eigenvalue weighted by Crippen LogP contribution is 2.24. The van der Waals surface area contributed by atoms with Gasteiger partial charge >= 0.3 is 0 Å². The highest BCUT2D eigenvalue weighted by atomic mass is 16.1. The van der Waals surface area contributed by atoms with Crippen LogP contribution < -0.4 is 5.32 Å². The minimum atomic E-state index is 0.170. The Balaban J connectivity index is 2.05. The van der Waals surface area contributed by atoms with E-state index in [0.717, 1.165) is 19.3 Å². The molecule has 1 aliphatic carbocycles. The van der Waals surface area contributed by atoms with E-state index in [0.29, 0.717) is 13.1 Å². The molecule has 0 saturated heterocycles. The fourth-order valence-corrected chi connectivity index (χ4v) is 1.74. The summed E-state index contributed by atoms with van der Waals surface area (Å²) in [5.74, 6) is 0.401. The predicted molar refractivity (Wildman–Crippen MR) is 53.6 cm³/mol. The second-order valence-electron chi connectivity index (χ2n) is 3.58. The van der Waals surface area contributed by atoms with E-state index in [9.17, 15) is 4.79 Å². The molecule has 0 heterocycles. The van der Waals surface area contributed by atoms with Gasteiger partial charge in [-0.05, 0) is 24.8 Å². The van der Waals surface area contributed by atoms with Crippen molar-refractivity contribution in [2.45, 2.75) is 32.1 Å². The Hall–Kier alpha value is -1.22. The molecule has 0 atom stereocenters. The molecule has 0 aromatic carbocycles. The third-order valence-electron chi connectivity index (χ3n) is 2.52. The van der Waals surface area contributed by atoms with Gasteiger partial charge in [-0.3, -0.25) is 4.79 Å². The lowest BCUT2D eigenvalue weighted by Gasteiger charge is -2.09. The van der Waals surface area contributed by atoms with Gasteiger partial charge in [0.2, 0.25) is 5.91 Å². The Kier molecular flexibility index (Phi) is 4.86. The lowest BCUT2D eigenvalue weighted by Crippen LogP contribution is -2.30. The number of nitrogens with one attached hydrogen (secondary N) is 1. The second kappa shape index (κ2) is 6.27. The molecule has 0 unspecified atom stereocenters. The summed E-state index contributed by atoms with van der Waals surface area (Å²) >= 11 is 0. The monoisotopic (exact) mass is 196 g/mol. The summed E-state index contributed by atoms with van der Waals surface area (Å²) in [6, 6.07) is 0. The minimum absolute atomic E-state index is 0.170. The number of nitrogens with zero attached hydrogens (tertiary/aromatic N) is 3. The molecule has 0 radical (unpaired) electrons. The Morgan fingerprint density at radius 1 is 1.50 bits per heavy atom. The fourth-order valence-electron chi connectivity index (χ4n) is 1.74. The van der Waals surface area contributed by atoms with Gasteiger partial charge in [0.15, 0.2) is 0 Å². The van der Waals surface area contributed by atoms with Crippen molar-refractivity contribution in [3.8, 4) is 0 Å². The summed E-state index contributed by atoms with van der Waals surface area (Å²) in [5, 5.41) is 6.26. The average Bonchev–Trinajstić information content (AvgIpc) is 2.70. The predicted octanol–water partition coefficient (Wildman–Crippen LogP) is 1.99. The van der Waals surface area contributed by atoms with Crippen LogP contribution in [0, 0.1) is 5.92 Å². The van der Waals surface area contributed by atoms with Gasteiger partial charge in [-0.15, -0.1) is 0 Å². The summed E-state index contributed by atoms with van der Waals surface area (Å²) in [7, 11) is 0. The van der Waals surface area contributed by atoms with Crippen LogP contribution in [0.5, 0.6) is 0 Å². The molecule has 1 fully saturated rings. The van der Waals surface area contributed by atoms with Crippen LogP contribution in [0.25, 0.3) is 10.4 Å². The maximum atomic E-state index is 11.5. The first-order chi connectivity index (χ1) is 6.84. The molecule has 0 aromatic rings. The van der Waals surface area contributed by atoms with E-state index in [-0.39, 0.29) is 11.8 Å².